The zero-order valence-corrected chi connectivity index (χ0v) is 17.9. The highest BCUT2D eigenvalue weighted by Crippen LogP contribution is 2.53. The third kappa shape index (κ3) is 3.18. The molecule has 0 spiro atoms. The molecule has 4 atom stereocenters. The van der Waals surface area contributed by atoms with E-state index in [4.69, 9.17) is 4.74 Å². The lowest BCUT2D eigenvalue weighted by Crippen LogP contribution is -2.33. The topological polar surface area (TPSA) is 80.8 Å². The predicted octanol–water partition coefficient (Wildman–Crippen LogP) is 3.65. The molecule has 6 heteroatoms. The van der Waals surface area contributed by atoms with Gasteiger partial charge in [0.2, 0.25) is 11.8 Å². The number of allylic oxidation sites excluding steroid dienone is 2. The number of aryl methyl sites for hydroxylation is 2. The van der Waals surface area contributed by atoms with Crippen LogP contribution in [0.25, 0.3) is 0 Å². The first-order valence-corrected chi connectivity index (χ1v) is 10.8. The Labute approximate surface area is 185 Å². The molecule has 0 N–H and O–H groups in total. The third-order valence-corrected chi connectivity index (χ3v) is 6.97. The molecule has 32 heavy (non-hydrogen) atoms. The number of hydrogen-bond acceptors (Lipinski definition) is 5. The molecule has 2 aliphatic carbocycles. The zero-order valence-electron chi connectivity index (χ0n) is 17.9. The second kappa shape index (κ2) is 7.55. The van der Waals surface area contributed by atoms with E-state index in [1.54, 1.807) is 30.3 Å². The third-order valence-electron chi connectivity index (χ3n) is 6.97. The predicted molar refractivity (Wildman–Crippen MR) is 117 cm³/mol. The van der Waals surface area contributed by atoms with Gasteiger partial charge >= 0.3 is 5.97 Å². The number of Topliss-reactive ketones (excluding diaryl/α,β-unsaturated/α-hetero) is 1. The fraction of sp³-hybridized carbons (Fsp3) is 0.308. The highest BCUT2D eigenvalue weighted by molar-refractivity contribution is 6.23. The van der Waals surface area contributed by atoms with Crippen molar-refractivity contribution in [1.82, 2.24) is 0 Å². The number of nitrogens with zero attached hydrogens (tertiary/aromatic N) is 1. The SMILES string of the molecule is Cc1ccc(C(=O)COC(=O)c2cccc(N3C(=O)[C@H]4[C@H](C3=O)[C@H]3C=C[C@H]4C3)c2)cc1C. The van der Waals surface area contributed by atoms with Crippen molar-refractivity contribution in [3.05, 3.63) is 76.9 Å². The Balaban J connectivity index is 1.29. The van der Waals surface area contributed by atoms with Crippen LogP contribution in [0.15, 0.2) is 54.6 Å². The lowest BCUT2D eigenvalue weighted by Gasteiger charge is -2.18. The number of anilines is 1. The minimum absolute atomic E-state index is 0.121. The minimum Gasteiger partial charge on any atom is -0.454 e. The minimum atomic E-state index is -0.676. The van der Waals surface area contributed by atoms with Crippen LogP contribution in [0.3, 0.4) is 0 Å². The molecule has 3 aliphatic rings. The van der Waals surface area contributed by atoms with E-state index in [0.717, 1.165) is 17.5 Å². The van der Waals surface area contributed by atoms with Crippen molar-refractivity contribution >= 4 is 29.3 Å². The largest absolute Gasteiger partial charge is 0.454 e. The van der Waals surface area contributed by atoms with E-state index in [9.17, 15) is 19.2 Å². The summed E-state index contributed by atoms with van der Waals surface area (Å²) in [4.78, 5) is 52.2. The number of hydrogen-bond donors (Lipinski definition) is 0. The number of esters is 1. The van der Waals surface area contributed by atoms with Gasteiger partial charge < -0.3 is 4.74 Å². The maximum Gasteiger partial charge on any atom is 0.338 e. The molecule has 2 fully saturated rings. The van der Waals surface area contributed by atoms with E-state index in [0.29, 0.717) is 11.3 Å². The van der Waals surface area contributed by atoms with Crippen LogP contribution in [0.1, 0.15) is 38.3 Å². The lowest BCUT2D eigenvalue weighted by molar-refractivity contribution is -0.123. The van der Waals surface area contributed by atoms with Crippen molar-refractivity contribution < 1.29 is 23.9 Å². The number of ketones is 1. The number of rotatable bonds is 5. The van der Waals surface area contributed by atoms with Gasteiger partial charge in [0.1, 0.15) is 0 Å². The van der Waals surface area contributed by atoms with Crippen molar-refractivity contribution in [2.75, 3.05) is 11.5 Å². The summed E-state index contributed by atoms with van der Waals surface area (Å²) in [5.41, 5.74) is 3.10. The van der Waals surface area contributed by atoms with Crippen LogP contribution in [0.5, 0.6) is 0 Å². The van der Waals surface area contributed by atoms with Crippen LogP contribution in [0, 0.1) is 37.5 Å². The maximum atomic E-state index is 13.0. The zero-order chi connectivity index (χ0) is 22.6. The molecule has 162 valence electrons. The van der Waals surface area contributed by atoms with E-state index < -0.39 is 5.97 Å². The highest BCUT2D eigenvalue weighted by Gasteiger charge is 2.59. The Morgan fingerprint density at radius 1 is 0.906 bits per heavy atom. The number of ether oxygens (including phenoxy) is 1. The average Bonchev–Trinajstić information content (AvgIpc) is 3.47. The first kappa shape index (κ1) is 20.4. The Morgan fingerprint density at radius 3 is 2.25 bits per heavy atom. The molecule has 2 amide bonds. The van der Waals surface area contributed by atoms with Gasteiger partial charge in [-0.05, 0) is 67.5 Å². The summed E-state index contributed by atoms with van der Waals surface area (Å²) >= 11 is 0. The molecule has 5 rings (SSSR count). The molecular weight excluding hydrogens is 406 g/mol. The molecule has 2 aromatic carbocycles. The van der Waals surface area contributed by atoms with Gasteiger partial charge in [-0.3, -0.25) is 14.4 Å². The maximum absolute atomic E-state index is 13.0. The number of amides is 2. The lowest BCUT2D eigenvalue weighted by atomic mass is 9.85. The summed E-state index contributed by atoms with van der Waals surface area (Å²) in [5, 5.41) is 0. The average molecular weight is 429 g/mol. The van der Waals surface area contributed by atoms with Crippen LogP contribution in [0.2, 0.25) is 0 Å². The van der Waals surface area contributed by atoms with Gasteiger partial charge in [-0.1, -0.05) is 30.4 Å². The number of carbonyl (C=O) groups is 4. The number of benzene rings is 2. The van der Waals surface area contributed by atoms with Crippen LogP contribution < -0.4 is 4.90 Å². The molecule has 1 aliphatic heterocycles. The molecule has 0 aromatic heterocycles. The Hall–Kier alpha value is -3.54. The summed E-state index contributed by atoms with van der Waals surface area (Å²) < 4.78 is 5.22. The van der Waals surface area contributed by atoms with E-state index in [2.05, 4.69) is 0 Å². The van der Waals surface area contributed by atoms with Gasteiger partial charge in [0, 0.05) is 5.56 Å². The second-order valence-corrected chi connectivity index (χ2v) is 8.86. The van der Waals surface area contributed by atoms with Crippen molar-refractivity contribution in [2.24, 2.45) is 23.7 Å². The Kier molecular flexibility index (Phi) is 4.81. The quantitative estimate of drug-likeness (QED) is 0.314. The van der Waals surface area contributed by atoms with E-state index in [1.807, 2.05) is 32.1 Å². The van der Waals surface area contributed by atoms with E-state index >= 15 is 0 Å². The molecule has 2 bridgehead atoms. The molecule has 1 saturated carbocycles. The molecular formula is C26H23NO5. The smallest absolute Gasteiger partial charge is 0.338 e. The number of fused-ring (bicyclic) bond motifs is 5. The van der Waals surface area contributed by atoms with Crippen molar-refractivity contribution in [1.29, 1.82) is 0 Å². The summed E-state index contributed by atoms with van der Waals surface area (Å²) in [7, 11) is 0. The molecule has 1 saturated heterocycles. The highest BCUT2D eigenvalue weighted by atomic mass is 16.5. The standard InChI is InChI=1S/C26H23NO5/c1-14-6-7-16(10-15(14)2)21(28)13-32-26(31)19-4-3-5-20(12-19)27-24(29)22-17-8-9-18(11-17)23(22)25(27)30/h3-10,12,17-18,22-23H,11,13H2,1-2H3/t17-,18-,22+,23+/m0/s1. The molecule has 1 heterocycles. The summed E-state index contributed by atoms with van der Waals surface area (Å²) in [5.74, 6) is -1.73. The van der Waals surface area contributed by atoms with Crippen molar-refractivity contribution in [2.45, 2.75) is 20.3 Å². The summed E-state index contributed by atoms with van der Waals surface area (Å²) in [6.45, 7) is 3.49. The first-order valence-electron chi connectivity index (χ1n) is 10.8. The first-order chi connectivity index (χ1) is 15.3. The van der Waals surface area contributed by atoms with Gasteiger partial charge in [-0.25, -0.2) is 9.69 Å². The van der Waals surface area contributed by atoms with Crippen LogP contribution in [-0.2, 0) is 14.3 Å². The van der Waals surface area contributed by atoms with Gasteiger partial charge in [-0.2, -0.15) is 0 Å². The second-order valence-electron chi connectivity index (χ2n) is 8.86. The Morgan fingerprint density at radius 2 is 1.59 bits per heavy atom. The van der Waals surface area contributed by atoms with E-state index in [1.165, 1.54) is 11.0 Å². The fourth-order valence-electron chi connectivity index (χ4n) is 5.14. The van der Waals surface area contributed by atoms with E-state index in [-0.39, 0.29) is 53.4 Å². The van der Waals surface area contributed by atoms with Gasteiger partial charge in [-0.15, -0.1) is 0 Å². The van der Waals surface area contributed by atoms with Crippen molar-refractivity contribution in [3.63, 3.8) is 0 Å². The van der Waals surface area contributed by atoms with Crippen LogP contribution in [0.4, 0.5) is 5.69 Å². The summed E-state index contributed by atoms with van der Waals surface area (Å²) in [6.07, 6.45) is 4.95. The molecule has 0 radical (unpaired) electrons. The number of carbonyl (C=O) groups excluding carboxylic acids is 4. The molecule has 6 nitrogen and oxygen atoms in total. The van der Waals surface area contributed by atoms with Gasteiger partial charge in [0.05, 0.1) is 23.1 Å². The normalized spacial score (nSPS) is 25.4. The fourth-order valence-corrected chi connectivity index (χ4v) is 5.14. The molecule has 0 unspecified atom stereocenters. The van der Waals surface area contributed by atoms with Gasteiger partial charge in [0.15, 0.2) is 12.4 Å². The number of imide groups is 1. The summed E-state index contributed by atoms with van der Waals surface area (Å²) in [6, 6.07) is 11.6. The Bertz CT molecular complexity index is 1170. The van der Waals surface area contributed by atoms with Crippen LogP contribution in [-0.4, -0.2) is 30.2 Å². The van der Waals surface area contributed by atoms with Crippen LogP contribution >= 0.6 is 0 Å². The molecule has 2 aromatic rings. The van der Waals surface area contributed by atoms with Gasteiger partial charge in [0.25, 0.3) is 0 Å². The monoisotopic (exact) mass is 429 g/mol. The van der Waals surface area contributed by atoms with Crippen molar-refractivity contribution in [3.8, 4) is 0 Å².